The molecule has 0 aromatic rings. The fourth-order valence-electron chi connectivity index (χ4n) is 1.18. The molecule has 0 radical (unpaired) electrons. The first-order valence-electron chi connectivity index (χ1n) is 4.72. The zero-order chi connectivity index (χ0) is 11.1. The Balaban J connectivity index is 4.03. The van der Waals surface area contributed by atoms with Crippen LogP contribution < -0.4 is 27.6 Å². The number of guanidine groups is 1. The van der Waals surface area contributed by atoms with Gasteiger partial charge in [-0.05, 0) is 13.5 Å². The summed E-state index contributed by atoms with van der Waals surface area (Å²) < 4.78 is 0. The van der Waals surface area contributed by atoms with Crippen LogP contribution in [0.4, 0.5) is 0 Å². The summed E-state index contributed by atoms with van der Waals surface area (Å²) in [4.78, 5) is 4.97. The molecule has 0 heterocycles. The van der Waals surface area contributed by atoms with Crippen LogP contribution in [0, 0.1) is 0 Å². The zero-order valence-corrected chi connectivity index (χ0v) is 8.96. The summed E-state index contributed by atoms with van der Waals surface area (Å²) in [5, 5.41) is 5.52. The van der Waals surface area contributed by atoms with Gasteiger partial charge in [-0.3, -0.25) is 32.5 Å². The highest BCUT2D eigenvalue weighted by Crippen LogP contribution is 1.94. The van der Waals surface area contributed by atoms with Gasteiger partial charge in [-0.15, -0.1) is 0 Å². The molecule has 1 unspecified atom stereocenters. The van der Waals surface area contributed by atoms with Crippen LogP contribution in [0.5, 0.6) is 0 Å². The number of hydrogen-bond donors (Lipinski definition) is 5. The Bertz CT molecular complexity index is 208. The molecular weight excluding hydrogens is 180 g/mol. The molecule has 0 bridgehead atoms. The maximum Gasteiger partial charge on any atom is 0.338 e. The maximum atomic E-state index is 5.52. The summed E-state index contributed by atoms with van der Waals surface area (Å²) in [5.41, 5.74) is 16.1. The topological polar surface area (TPSA) is 121 Å². The average Bonchev–Trinajstić information content (AvgIpc) is 2.10. The highest BCUT2D eigenvalue weighted by molar-refractivity contribution is 5.79. The van der Waals surface area contributed by atoms with Crippen LogP contribution in [0.15, 0.2) is 0 Å². The molecule has 0 fully saturated rings. The Morgan fingerprint density at radius 1 is 1.43 bits per heavy atom. The molecule has 14 heavy (non-hydrogen) atoms. The number of amidine groups is 1. The van der Waals surface area contributed by atoms with Gasteiger partial charge < -0.3 is 0 Å². The summed E-state index contributed by atoms with van der Waals surface area (Å²) in [6.45, 7) is 6.38. The lowest BCUT2D eigenvalue weighted by molar-refractivity contribution is -0.459. The molecule has 0 aromatic carbocycles. The quantitative estimate of drug-likeness (QED) is 0.219. The van der Waals surface area contributed by atoms with Crippen molar-refractivity contribution in [3.8, 4) is 0 Å². The molecule has 6 heteroatoms. The van der Waals surface area contributed by atoms with Crippen LogP contribution in [0.3, 0.4) is 0 Å². The van der Waals surface area contributed by atoms with Gasteiger partial charge in [0, 0.05) is 6.54 Å². The number of rotatable bonds is 6. The van der Waals surface area contributed by atoms with Gasteiger partial charge in [-0.1, -0.05) is 6.92 Å². The molecule has 1 atom stereocenters. The minimum absolute atomic E-state index is 0.0702. The summed E-state index contributed by atoms with van der Waals surface area (Å²) in [6, 6.07) is 0.0702. The molecule has 82 valence electrons. The Labute approximate surface area is 84.7 Å². The normalized spacial score (nSPS) is 12.5. The fraction of sp³-hybridized carbons (Fsp3) is 0.750. The fourth-order valence-corrected chi connectivity index (χ4v) is 1.18. The van der Waals surface area contributed by atoms with Crippen molar-refractivity contribution in [1.82, 2.24) is 4.90 Å². The second kappa shape index (κ2) is 6.20. The van der Waals surface area contributed by atoms with Crippen molar-refractivity contribution < 1.29 is 10.4 Å². The lowest BCUT2D eigenvalue weighted by atomic mass is 10.2. The molecule has 0 saturated heterocycles. The van der Waals surface area contributed by atoms with E-state index in [-0.39, 0.29) is 12.0 Å². The van der Waals surface area contributed by atoms with Crippen LogP contribution in [0.2, 0.25) is 0 Å². The number of nitrogens with zero attached hydrogens (tertiary/aromatic N) is 1. The van der Waals surface area contributed by atoms with Crippen LogP contribution in [0.25, 0.3) is 0 Å². The van der Waals surface area contributed by atoms with E-state index in [0.29, 0.717) is 12.4 Å². The third kappa shape index (κ3) is 4.66. The van der Waals surface area contributed by atoms with E-state index in [2.05, 4.69) is 16.8 Å². The van der Waals surface area contributed by atoms with E-state index in [9.17, 15) is 0 Å². The van der Waals surface area contributed by atoms with E-state index in [1.807, 2.05) is 6.92 Å². The Hall–Kier alpha value is -1.30. The molecular formula is C8H22N6+2. The van der Waals surface area contributed by atoms with E-state index in [0.717, 1.165) is 13.1 Å². The summed E-state index contributed by atoms with van der Waals surface area (Å²) in [7, 11) is 0. The molecule has 0 aromatic heterocycles. The largest absolute Gasteiger partial charge is 0.338 e. The number of nitrogens with one attached hydrogen (secondary N) is 1. The van der Waals surface area contributed by atoms with Crippen molar-refractivity contribution in [3.63, 3.8) is 0 Å². The molecule has 6 nitrogen and oxygen atoms in total. The second-order valence-electron chi connectivity index (χ2n) is 3.19. The third-order valence-corrected chi connectivity index (χ3v) is 2.16. The van der Waals surface area contributed by atoms with Crippen LogP contribution in [0.1, 0.15) is 13.8 Å². The van der Waals surface area contributed by atoms with Gasteiger partial charge >= 0.3 is 5.96 Å². The SMILES string of the molecule is CCN(CC[NH+]=C(N)N)C(C)C(N)=[NH2+]. The van der Waals surface area contributed by atoms with Gasteiger partial charge in [-0.25, -0.2) is 0 Å². The summed E-state index contributed by atoms with van der Waals surface area (Å²) in [5.74, 6) is 0.662. The third-order valence-electron chi connectivity index (χ3n) is 2.16. The van der Waals surface area contributed by atoms with Gasteiger partial charge in [0.15, 0.2) is 0 Å². The maximum absolute atomic E-state index is 5.52. The van der Waals surface area contributed by atoms with Gasteiger partial charge in [-0.2, -0.15) is 0 Å². The molecule has 0 amide bonds. The first-order valence-corrected chi connectivity index (χ1v) is 4.72. The van der Waals surface area contributed by atoms with Crippen LogP contribution >= 0.6 is 0 Å². The first-order chi connectivity index (χ1) is 6.49. The van der Waals surface area contributed by atoms with E-state index in [1.165, 1.54) is 0 Å². The smallest absolute Gasteiger partial charge is 0.291 e. The summed E-state index contributed by atoms with van der Waals surface area (Å²) >= 11 is 0. The van der Waals surface area contributed by atoms with Gasteiger partial charge in [0.05, 0.1) is 6.54 Å². The average molecular weight is 202 g/mol. The highest BCUT2D eigenvalue weighted by Gasteiger charge is 2.17. The monoisotopic (exact) mass is 202 g/mol. The molecule has 0 saturated carbocycles. The van der Waals surface area contributed by atoms with Crippen molar-refractivity contribution in [1.29, 1.82) is 0 Å². The standard InChI is InChI=1S/C8H20N6/c1-3-14(6(2)7(9)10)5-4-13-8(11)12/h6H,3-5H2,1-2H3,(H3,9,10)(H4,11,12,13)/p+2. The van der Waals surface area contributed by atoms with Crippen LogP contribution in [-0.4, -0.2) is 42.4 Å². The van der Waals surface area contributed by atoms with Gasteiger partial charge in [0.1, 0.15) is 6.04 Å². The molecule has 9 N–H and O–H groups in total. The predicted molar refractivity (Wildman–Crippen MR) is 57.0 cm³/mol. The van der Waals surface area contributed by atoms with Gasteiger partial charge in [0.25, 0.3) is 5.84 Å². The van der Waals surface area contributed by atoms with E-state index in [4.69, 9.17) is 22.6 Å². The van der Waals surface area contributed by atoms with Crippen molar-refractivity contribution >= 4 is 11.8 Å². The lowest BCUT2D eigenvalue weighted by Gasteiger charge is -2.23. The van der Waals surface area contributed by atoms with Crippen molar-refractivity contribution in [2.24, 2.45) is 17.2 Å². The van der Waals surface area contributed by atoms with Crippen molar-refractivity contribution in [2.75, 3.05) is 19.6 Å². The molecule has 0 aliphatic carbocycles. The van der Waals surface area contributed by atoms with Crippen LogP contribution in [-0.2, 0) is 0 Å². The molecule has 0 spiro atoms. The number of hydrogen-bond acceptors (Lipinski definition) is 1. The van der Waals surface area contributed by atoms with Gasteiger partial charge in [0.2, 0.25) is 0 Å². The van der Waals surface area contributed by atoms with Crippen molar-refractivity contribution in [3.05, 3.63) is 0 Å². The highest BCUT2D eigenvalue weighted by atomic mass is 15.2. The summed E-state index contributed by atoms with van der Waals surface area (Å²) in [6.07, 6.45) is 0. The van der Waals surface area contributed by atoms with E-state index >= 15 is 0 Å². The van der Waals surface area contributed by atoms with Crippen molar-refractivity contribution in [2.45, 2.75) is 19.9 Å². The Kier molecular flexibility index (Phi) is 5.62. The lowest BCUT2D eigenvalue weighted by Crippen LogP contribution is -2.79. The molecule has 0 rings (SSSR count). The Morgan fingerprint density at radius 2 is 2.00 bits per heavy atom. The number of nitrogens with two attached hydrogens (primary N) is 4. The molecule has 0 aliphatic heterocycles. The first kappa shape index (κ1) is 12.7. The minimum atomic E-state index is 0.0702. The predicted octanol–water partition coefficient (Wildman–Crippen LogP) is -4.83. The second-order valence-corrected chi connectivity index (χ2v) is 3.19. The number of likely N-dealkylation sites (N-methyl/N-ethyl adjacent to an activating group) is 1. The molecule has 0 aliphatic rings. The Morgan fingerprint density at radius 3 is 2.36 bits per heavy atom. The van der Waals surface area contributed by atoms with E-state index < -0.39 is 0 Å². The zero-order valence-electron chi connectivity index (χ0n) is 8.96. The van der Waals surface area contributed by atoms with E-state index in [1.54, 1.807) is 0 Å². The minimum Gasteiger partial charge on any atom is -0.291 e.